The van der Waals surface area contributed by atoms with E-state index in [2.05, 4.69) is 15.9 Å². The third kappa shape index (κ3) is 3.92. The summed E-state index contributed by atoms with van der Waals surface area (Å²) in [4.78, 5) is 43.4. The number of β-amino-alcohol motifs (C(OH)–C–C–N with tert-alkyl or cyclic N) is 1. The highest BCUT2D eigenvalue weighted by Gasteiger charge is 2.57. The number of carbonyl (C=O) groups is 3. The van der Waals surface area contributed by atoms with Crippen molar-refractivity contribution in [2.24, 2.45) is 11.7 Å². The lowest BCUT2D eigenvalue weighted by atomic mass is 9.77. The zero-order valence-electron chi connectivity index (χ0n) is 19.6. The summed E-state index contributed by atoms with van der Waals surface area (Å²) < 4.78 is 0.892. The molecule has 0 spiro atoms. The molecule has 3 amide bonds. The number of fused-ring (bicyclic) bond motifs is 1. The van der Waals surface area contributed by atoms with Crippen molar-refractivity contribution in [2.45, 2.75) is 57.3 Å². The Labute approximate surface area is 208 Å². The van der Waals surface area contributed by atoms with Crippen molar-refractivity contribution < 1.29 is 19.5 Å². The topological polar surface area (TPSA) is 104 Å². The lowest BCUT2D eigenvalue weighted by molar-refractivity contribution is -0.149. The summed E-state index contributed by atoms with van der Waals surface area (Å²) in [7, 11) is 0. The Bertz CT molecular complexity index is 1120. The summed E-state index contributed by atoms with van der Waals surface area (Å²) >= 11 is 3.42. The third-order valence-corrected chi connectivity index (χ3v) is 7.80. The fourth-order valence-electron chi connectivity index (χ4n) is 5.52. The number of primary amides is 1. The van der Waals surface area contributed by atoms with Crippen LogP contribution in [0.25, 0.3) is 0 Å². The van der Waals surface area contributed by atoms with Crippen molar-refractivity contribution in [1.29, 1.82) is 0 Å². The van der Waals surface area contributed by atoms with Crippen LogP contribution in [0.1, 0.15) is 54.6 Å². The van der Waals surface area contributed by atoms with Gasteiger partial charge in [0.2, 0.25) is 11.8 Å². The van der Waals surface area contributed by atoms with Gasteiger partial charge in [-0.15, -0.1) is 0 Å². The van der Waals surface area contributed by atoms with Gasteiger partial charge >= 0.3 is 0 Å². The minimum Gasteiger partial charge on any atom is -0.391 e. The smallest absolute Gasteiger partial charge is 0.255 e. The van der Waals surface area contributed by atoms with Crippen LogP contribution in [-0.4, -0.2) is 56.9 Å². The van der Waals surface area contributed by atoms with Crippen molar-refractivity contribution >= 4 is 33.7 Å². The Morgan fingerprint density at radius 3 is 2.35 bits per heavy atom. The summed E-state index contributed by atoms with van der Waals surface area (Å²) in [5, 5.41) is 10.7. The molecule has 8 heteroatoms. The van der Waals surface area contributed by atoms with Crippen LogP contribution >= 0.6 is 15.9 Å². The van der Waals surface area contributed by atoms with Crippen LogP contribution in [0.2, 0.25) is 0 Å². The van der Waals surface area contributed by atoms with Gasteiger partial charge in [0.15, 0.2) is 0 Å². The van der Waals surface area contributed by atoms with Crippen LogP contribution < -0.4 is 5.73 Å². The van der Waals surface area contributed by atoms with E-state index in [-0.39, 0.29) is 30.7 Å². The van der Waals surface area contributed by atoms with E-state index in [4.69, 9.17) is 5.73 Å². The van der Waals surface area contributed by atoms with Crippen molar-refractivity contribution in [2.75, 3.05) is 6.54 Å². The molecule has 2 aromatic carbocycles. The Kier molecular flexibility index (Phi) is 6.57. The Morgan fingerprint density at radius 1 is 1.12 bits per heavy atom. The second-order valence-corrected chi connectivity index (χ2v) is 10.6. The Hall–Kier alpha value is -2.71. The highest BCUT2D eigenvalue weighted by atomic mass is 79.9. The van der Waals surface area contributed by atoms with Crippen molar-refractivity contribution in [1.82, 2.24) is 9.80 Å². The standard InChI is InChI=1S/C26H30BrN3O4/c1-15(2)22(29-13-18-6-4-5-7-21(18)23(29)32)24(33)30-14-20(31)12-26(30,25(28)34)16(3)17-8-10-19(27)11-9-17/h4-11,15-16,20,22,31H,12-14H2,1-3H3,(H2,28,34)/t16-,20?,22-,26?/m0/s1. The molecule has 2 unspecified atom stereocenters. The fraction of sp³-hybridized carbons (Fsp3) is 0.423. The lowest BCUT2D eigenvalue weighted by Crippen LogP contribution is -2.63. The number of nitrogens with two attached hydrogens (primary N) is 1. The molecular weight excluding hydrogens is 498 g/mol. The summed E-state index contributed by atoms with van der Waals surface area (Å²) in [6.45, 7) is 5.94. The summed E-state index contributed by atoms with van der Waals surface area (Å²) in [5.74, 6) is -1.90. The molecule has 4 rings (SSSR count). The van der Waals surface area contributed by atoms with Gasteiger partial charge in [0.25, 0.3) is 5.91 Å². The number of aliphatic hydroxyl groups excluding tert-OH is 1. The number of likely N-dealkylation sites (tertiary alicyclic amines) is 1. The van der Waals surface area contributed by atoms with Crippen LogP contribution in [0, 0.1) is 5.92 Å². The highest BCUT2D eigenvalue weighted by molar-refractivity contribution is 9.10. The van der Waals surface area contributed by atoms with Gasteiger partial charge in [0.1, 0.15) is 11.6 Å². The molecule has 1 saturated heterocycles. The molecule has 0 aliphatic carbocycles. The number of aliphatic hydroxyl groups is 1. The number of nitrogens with zero attached hydrogens (tertiary/aromatic N) is 2. The number of benzene rings is 2. The highest BCUT2D eigenvalue weighted by Crippen LogP contribution is 2.43. The van der Waals surface area contributed by atoms with Crippen LogP contribution in [0.5, 0.6) is 0 Å². The first-order valence-electron chi connectivity index (χ1n) is 11.5. The van der Waals surface area contributed by atoms with E-state index in [1.165, 1.54) is 4.90 Å². The molecule has 2 aliphatic heterocycles. The monoisotopic (exact) mass is 527 g/mol. The lowest BCUT2D eigenvalue weighted by Gasteiger charge is -2.43. The zero-order chi connectivity index (χ0) is 24.8. The molecule has 2 heterocycles. The predicted molar refractivity (Wildman–Crippen MR) is 132 cm³/mol. The number of rotatable bonds is 6. The SMILES string of the molecule is CC(C)[C@@H](C(=O)N1CC(O)CC1(C(N)=O)[C@@H](C)c1ccc(Br)cc1)N1Cc2ccccc2C1=O. The first-order valence-corrected chi connectivity index (χ1v) is 12.3. The van der Waals surface area contributed by atoms with Crippen LogP contribution in [0.4, 0.5) is 0 Å². The van der Waals surface area contributed by atoms with Gasteiger partial charge in [-0.1, -0.05) is 67.0 Å². The normalized spacial score (nSPS) is 23.8. The molecule has 0 bridgehead atoms. The summed E-state index contributed by atoms with van der Waals surface area (Å²) in [5.41, 5.74) is 6.87. The van der Waals surface area contributed by atoms with Crippen LogP contribution in [0.15, 0.2) is 53.0 Å². The molecule has 3 N–H and O–H groups in total. The second kappa shape index (κ2) is 9.15. The third-order valence-electron chi connectivity index (χ3n) is 7.27. The van der Waals surface area contributed by atoms with Gasteiger partial charge in [-0.2, -0.15) is 0 Å². The first kappa shape index (κ1) is 24.4. The number of carbonyl (C=O) groups excluding carboxylic acids is 3. The molecule has 1 fully saturated rings. The van der Waals surface area contributed by atoms with E-state index in [0.29, 0.717) is 12.1 Å². The molecule has 7 nitrogen and oxygen atoms in total. The average Bonchev–Trinajstić information content (AvgIpc) is 3.32. The summed E-state index contributed by atoms with van der Waals surface area (Å²) in [6, 6.07) is 14.0. The van der Waals surface area contributed by atoms with Crippen LogP contribution in [0.3, 0.4) is 0 Å². The van der Waals surface area contributed by atoms with Crippen LogP contribution in [-0.2, 0) is 16.1 Å². The number of hydrogen-bond donors (Lipinski definition) is 2. The van der Waals surface area contributed by atoms with Gasteiger partial charge in [0, 0.05) is 35.5 Å². The van der Waals surface area contributed by atoms with Gasteiger partial charge in [-0.25, -0.2) is 0 Å². The molecule has 2 aromatic rings. The Balaban J connectivity index is 1.74. The van der Waals surface area contributed by atoms with E-state index >= 15 is 0 Å². The second-order valence-electron chi connectivity index (χ2n) is 9.65. The maximum absolute atomic E-state index is 14.1. The molecular formula is C26H30BrN3O4. The minimum absolute atomic E-state index is 0.0131. The predicted octanol–water partition coefficient (Wildman–Crippen LogP) is 3.05. The van der Waals surface area contributed by atoms with Crippen molar-refractivity contribution in [3.05, 3.63) is 69.7 Å². The first-order chi connectivity index (χ1) is 16.1. The Morgan fingerprint density at radius 2 is 1.76 bits per heavy atom. The number of hydrogen-bond acceptors (Lipinski definition) is 4. The zero-order valence-corrected chi connectivity index (χ0v) is 21.2. The summed E-state index contributed by atoms with van der Waals surface area (Å²) in [6.07, 6.45) is -0.849. The fourth-order valence-corrected chi connectivity index (χ4v) is 5.78. The largest absolute Gasteiger partial charge is 0.391 e. The molecule has 34 heavy (non-hydrogen) atoms. The number of amides is 3. The molecule has 180 valence electrons. The molecule has 0 aromatic heterocycles. The molecule has 0 saturated carbocycles. The molecule has 0 radical (unpaired) electrons. The molecule has 2 aliphatic rings. The van der Waals surface area contributed by atoms with E-state index in [9.17, 15) is 19.5 Å². The minimum atomic E-state index is -1.41. The number of halogens is 1. The molecule has 4 atom stereocenters. The van der Waals surface area contributed by atoms with Crippen molar-refractivity contribution in [3.63, 3.8) is 0 Å². The van der Waals surface area contributed by atoms with E-state index in [1.54, 1.807) is 17.0 Å². The quantitative estimate of drug-likeness (QED) is 0.602. The van der Waals surface area contributed by atoms with E-state index in [0.717, 1.165) is 15.6 Å². The maximum atomic E-state index is 14.1. The maximum Gasteiger partial charge on any atom is 0.255 e. The van der Waals surface area contributed by atoms with E-state index < -0.39 is 29.5 Å². The van der Waals surface area contributed by atoms with Gasteiger partial charge in [-0.05, 0) is 35.2 Å². The van der Waals surface area contributed by atoms with Gasteiger partial charge in [0.05, 0.1) is 6.10 Å². The van der Waals surface area contributed by atoms with Gasteiger partial charge < -0.3 is 20.6 Å². The van der Waals surface area contributed by atoms with Crippen molar-refractivity contribution in [3.8, 4) is 0 Å². The average molecular weight is 528 g/mol. The van der Waals surface area contributed by atoms with E-state index in [1.807, 2.05) is 57.2 Å². The van der Waals surface area contributed by atoms with Gasteiger partial charge in [-0.3, -0.25) is 14.4 Å².